The van der Waals surface area contributed by atoms with Gasteiger partial charge in [-0.1, -0.05) is 103 Å². The second-order valence-electron chi connectivity index (χ2n) is 8.95. The first-order valence-corrected chi connectivity index (χ1v) is 13.4. The van der Waals surface area contributed by atoms with Gasteiger partial charge < -0.3 is 15.2 Å². The van der Waals surface area contributed by atoms with Crippen molar-refractivity contribution in [3.05, 3.63) is 24.3 Å². The van der Waals surface area contributed by atoms with Gasteiger partial charge in [-0.05, 0) is 30.7 Å². The lowest BCUT2D eigenvalue weighted by atomic mass is 10.0. The second-order valence-corrected chi connectivity index (χ2v) is 8.95. The molecule has 0 heterocycles. The van der Waals surface area contributed by atoms with Crippen molar-refractivity contribution in [2.24, 2.45) is 0 Å². The summed E-state index contributed by atoms with van der Waals surface area (Å²) in [6.07, 6.45) is 21.6. The molecule has 0 aliphatic carbocycles. The molecule has 190 valence electrons. The molecule has 0 aliphatic rings. The Kier molecular flexibility index (Phi) is 19.3. The molecule has 0 spiro atoms. The van der Waals surface area contributed by atoms with Gasteiger partial charge in [0.05, 0.1) is 0 Å². The van der Waals surface area contributed by atoms with E-state index in [4.69, 9.17) is 4.74 Å². The van der Waals surface area contributed by atoms with Crippen LogP contribution in [0.15, 0.2) is 24.3 Å². The summed E-state index contributed by atoms with van der Waals surface area (Å²) in [5.41, 5.74) is 5.45. The number of urea groups is 1. The molecule has 0 unspecified atom stereocenters. The monoisotopic (exact) mass is 463 g/mol. The molecule has 0 atom stereocenters. The lowest BCUT2D eigenvalue weighted by Crippen LogP contribution is -2.45. The van der Waals surface area contributed by atoms with Crippen molar-refractivity contribution in [2.45, 2.75) is 110 Å². The Hall–Kier alpha value is -1.95. The molecule has 1 aromatic carbocycles. The van der Waals surface area contributed by atoms with E-state index >= 15 is 0 Å². The molecule has 1 aromatic rings. The fourth-order valence-electron chi connectivity index (χ4n) is 3.82. The largest absolute Gasteiger partial charge is 0.508 e. The summed E-state index contributed by atoms with van der Waals surface area (Å²) in [4.78, 5) is 11.7. The molecular formula is C27H49N3O3. The van der Waals surface area contributed by atoms with Crippen molar-refractivity contribution < 1.29 is 14.6 Å². The third kappa shape index (κ3) is 19.2. The van der Waals surface area contributed by atoms with Crippen LogP contribution in [-0.2, 0) is 0 Å². The first-order valence-electron chi connectivity index (χ1n) is 13.4. The molecule has 6 nitrogen and oxygen atoms in total. The Morgan fingerprint density at radius 3 is 1.73 bits per heavy atom. The minimum absolute atomic E-state index is 0.208. The topological polar surface area (TPSA) is 82.6 Å². The first-order chi connectivity index (χ1) is 16.2. The third-order valence-corrected chi connectivity index (χ3v) is 5.85. The highest BCUT2D eigenvalue weighted by Crippen LogP contribution is 2.15. The summed E-state index contributed by atoms with van der Waals surface area (Å²) >= 11 is 0. The van der Waals surface area contributed by atoms with E-state index in [2.05, 4.69) is 23.1 Å². The molecule has 4 N–H and O–H groups in total. The first kappa shape index (κ1) is 29.1. The number of hydrogen-bond donors (Lipinski definition) is 4. The maximum absolute atomic E-state index is 11.7. The van der Waals surface area contributed by atoms with E-state index in [0.29, 0.717) is 25.4 Å². The Bertz CT molecular complexity index is 566. The number of hydrogen-bond acceptors (Lipinski definition) is 4. The Morgan fingerprint density at radius 1 is 0.727 bits per heavy atom. The number of unbranched alkanes of at least 4 members (excludes halogenated alkanes) is 15. The summed E-state index contributed by atoms with van der Waals surface area (Å²) in [7, 11) is 0. The molecular weight excluding hydrogens is 414 g/mol. The summed E-state index contributed by atoms with van der Waals surface area (Å²) in [5.74, 6) is 0.894. The predicted molar refractivity (Wildman–Crippen MR) is 138 cm³/mol. The number of benzene rings is 1. The number of carbonyl (C=O) groups is 1. The fraction of sp³-hybridized carbons (Fsp3) is 0.741. The zero-order valence-corrected chi connectivity index (χ0v) is 21.0. The Morgan fingerprint density at radius 2 is 1.21 bits per heavy atom. The SMILES string of the molecule is CCCCCCCCCCCCCCCCCCNC(=O)NNCCOc1ccc(O)cc1. The van der Waals surface area contributed by atoms with Crippen LogP contribution in [0.2, 0.25) is 0 Å². The van der Waals surface area contributed by atoms with Crippen LogP contribution in [0.4, 0.5) is 4.79 Å². The molecule has 0 saturated carbocycles. The Balaban J connectivity index is 1.74. The van der Waals surface area contributed by atoms with Gasteiger partial charge in [0.25, 0.3) is 0 Å². The summed E-state index contributed by atoms with van der Waals surface area (Å²) in [6, 6.07) is 6.35. The van der Waals surface area contributed by atoms with Gasteiger partial charge in [-0.25, -0.2) is 10.2 Å². The number of nitrogens with one attached hydrogen (secondary N) is 3. The van der Waals surface area contributed by atoms with Gasteiger partial charge >= 0.3 is 6.03 Å². The van der Waals surface area contributed by atoms with Crippen LogP contribution in [0.5, 0.6) is 11.5 Å². The standard InChI is InChI=1S/C27H49N3O3/c1-2-3-4-5-6-7-8-9-10-11-12-13-14-15-16-17-22-28-27(32)30-29-23-24-33-26-20-18-25(31)19-21-26/h18-21,29,31H,2-17,22-24H2,1H3,(H2,28,30,32). The van der Waals surface area contributed by atoms with E-state index in [0.717, 1.165) is 6.42 Å². The number of carbonyl (C=O) groups excluding carboxylic acids is 1. The van der Waals surface area contributed by atoms with E-state index in [1.807, 2.05) is 0 Å². The summed E-state index contributed by atoms with van der Waals surface area (Å²) in [5, 5.41) is 12.1. The van der Waals surface area contributed by atoms with Crippen molar-refractivity contribution in [1.82, 2.24) is 16.2 Å². The summed E-state index contributed by atoms with van der Waals surface area (Å²) < 4.78 is 5.49. The second kappa shape index (κ2) is 21.9. The van der Waals surface area contributed by atoms with Gasteiger partial charge in [0.1, 0.15) is 18.1 Å². The van der Waals surface area contributed by atoms with E-state index in [9.17, 15) is 9.90 Å². The highest BCUT2D eigenvalue weighted by molar-refractivity contribution is 5.73. The van der Waals surface area contributed by atoms with Crippen molar-refractivity contribution >= 4 is 6.03 Å². The number of amides is 2. The lowest BCUT2D eigenvalue weighted by molar-refractivity contribution is 0.233. The van der Waals surface area contributed by atoms with Crippen molar-refractivity contribution in [2.75, 3.05) is 19.7 Å². The maximum atomic E-state index is 11.7. The molecule has 0 bridgehead atoms. The molecule has 0 radical (unpaired) electrons. The zero-order valence-electron chi connectivity index (χ0n) is 21.0. The van der Waals surface area contributed by atoms with E-state index in [-0.39, 0.29) is 11.8 Å². The van der Waals surface area contributed by atoms with Crippen molar-refractivity contribution in [1.29, 1.82) is 0 Å². The van der Waals surface area contributed by atoms with Crippen LogP contribution in [0.25, 0.3) is 0 Å². The van der Waals surface area contributed by atoms with Crippen molar-refractivity contribution in [3.8, 4) is 11.5 Å². The Labute approximate surface area is 202 Å². The zero-order chi connectivity index (χ0) is 23.8. The fourth-order valence-corrected chi connectivity index (χ4v) is 3.82. The molecule has 1 rings (SSSR count). The molecule has 0 aliphatic heterocycles. The molecule has 0 fully saturated rings. The minimum atomic E-state index is -0.208. The normalized spacial score (nSPS) is 10.8. The van der Waals surface area contributed by atoms with Gasteiger partial charge in [0.15, 0.2) is 0 Å². The van der Waals surface area contributed by atoms with Crippen LogP contribution in [0.3, 0.4) is 0 Å². The van der Waals surface area contributed by atoms with E-state index in [1.165, 1.54) is 96.3 Å². The maximum Gasteiger partial charge on any atom is 0.329 e. The third-order valence-electron chi connectivity index (χ3n) is 5.85. The van der Waals surface area contributed by atoms with Crippen LogP contribution in [-0.4, -0.2) is 30.8 Å². The number of phenols is 1. The smallest absolute Gasteiger partial charge is 0.329 e. The molecule has 0 aromatic heterocycles. The highest BCUT2D eigenvalue weighted by Gasteiger charge is 1.99. The average molecular weight is 464 g/mol. The molecule has 6 heteroatoms. The highest BCUT2D eigenvalue weighted by atomic mass is 16.5. The van der Waals surface area contributed by atoms with Gasteiger partial charge in [0.2, 0.25) is 0 Å². The number of ether oxygens (including phenoxy) is 1. The quantitative estimate of drug-likeness (QED) is 0.112. The van der Waals surface area contributed by atoms with Gasteiger partial charge in [-0.2, -0.15) is 0 Å². The van der Waals surface area contributed by atoms with Crippen LogP contribution in [0.1, 0.15) is 110 Å². The van der Waals surface area contributed by atoms with Gasteiger partial charge in [0, 0.05) is 13.1 Å². The molecule has 0 saturated heterocycles. The minimum Gasteiger partial charge on any atom is -0.508 e. The molecule has 2 amide bonds. The van der Waals surface area contributed by atoms with Crippen LogP contribution < -0.4 is 20.9 Å². The predicted octanol–water partition coefficient (Wildman–Crippen LogP) is 6.84. The van der Waals surface area contributed by atoms with Gasteiger partial charge in [-0.3, -0.25) is 5.43 Å². The van der Waals surface area contributed by atoms with E-state index in [1.54, 1.807) is 24.3 Å². The number of phenolic OH excluding ortho intramolecular Hbond substituents is 1. The van der Waals surface area contributed by atoms with Gasteiger partial charge in [-0.15, -0.1) is 0 Å². The van der Waals surface area contributed by atoms with Crippen LogP contribution >= 0.6 is 0 Å². The molecule has 33 heavy (non-hydrogen) atoms. The summed E-state index contributed by atoms with van der Waals surface area (Å²) in [6.45, 7) is 3.90. The number of aromatic hydroxyl groups is 1. The lowest BCUT2D eigenvalue weighted by Gasteiger charge is -2.10. The average Bonchev–Trinajstić information content (AvgIpc) is 2.82. The van der Waals surface area contributed by atoms with E-state index < -0.39 is 0 Å². The number of rotatable bonds is 22. The number of hydrazine groups is 1. The van der Waals surface area contributed by atoms with Crippen LogP contribution in [0, 0.1) is 0 Å². The van der Waals surface area contributed by atoms with Crippen molar-refractivity contribution in [3.63, 3.8) is 0 Å².